The van der Waals surface area contributed by atoms with Gasteiger partial charge in [0.2, 0.25) is 0 Å². The van der Waals surface area contributed by atoms with Crippen LogP contribution in [0.3, 0.4) is 0 Å². The van der Waals surface area contributed by atoms with Crippen LogP contribution < -0.4 is 0 Å². The van der Waals surface area contributed by atoms with Gasteiger partial charge in [0, 0.05) is 29.5 Å². The van der Waals surface area contributed by atoms with Gasteiger partial charge in [0.1, 0.15) is 0 Å². The molecule has 0 N–H and O–H groups in total. The van der Waals surface area contributed by atoms with Gasteiger partial charge in [0.15, 0.2) is 0 Å². The highest BCUT2D eigenvalue weighted by atomic mass is 15.0. The van der Waals surface area contributed by atoms with Crippen LogP contribution in [0, 0.1) is 6.92 Å². The lowest BCUT2D eigenvalue weighted by Crippen LogP contribution is -1.90. The quantitative estimate of drug-likeness (QED) is 0.491. The summed E-state index contributed by atoms with van der Waals surface area (Å²) in [5, 5.41) is 2.57. The molecule has 0 fully saturated rings. The molecule has 0 spiro atoms. The van der Waals surface area contributed by atoms with E-state index in [1.807, 2.05) is 6.20 Å². The van der Waals surface area contributed by atoms with Crippen LogP contribution in [0.4, 0.5) is 0 Å². The van der Waals surface area contributed by atoms with Gasteiger partial charge in [-0.1, -0.05) is 36.4 Å². The Kier molecular flexibility index (Phi) is 2.58. The van der Waals surface area contributed by atoms with Crippen LogP contribution in [0.15, 0.2) is 60.8 Å². The Balaban J connectivity index is 2.09. The van der Waals surface area contributed by atoms with Crippen molar-refractivity contribution in [2.75, 3.05) is 0 Å². The topological polar surface area (TPSA) is 17.8 Å². The zero-order valence-electron chi connectivity index (χ0n) is 12.2. The fraction of sp³-hybridized carbons (Fsp3) is 0.105. The van der Waals surface area contributed by atoms with E-state index in [1.165, 1.54) is 32.9 Å². The highest BCUT2D eigenvalue weighted by molar-refractivity contribution is 6.09. The lowest BCUT2D eigenvalue weighted by molar-refractivity contribution is 0.997. The molecule has 0 amide bonds. The van der Waals surface area contributed by atoms with E-state index in [2.05, 4.69) is 78.1 Å². The number of fused-ring (bicyclic) bond motifs is 3. The number of pyridine rings is 1. The molecule has 0 bridgehead atoms. The monoisotopic (exact) mass is 272 g/mol. The molecule has 2 heterocycles. The molecule has 0 aliphatic carbocycles. The Morgan fingerprint density at radius 2 is 1.67 bits per heavy atom. The van der Waals surface area contributed by atoms with Crippen LogP contribution in [0.1, 0.15) is 5.69 Å². The van der Waals surface area contributed by atoms with Gasteiger partial charge in [-0.2, -0.15) is 0 Å². The van der Waals surface area contributed by atoms with E-state index in [-0.39, 0.29) is 0 Å². The molecule has 0 saturated carbocycles. The summed E-state index contributed by atoms with van der Waals surface area (Å²) in [6, 6.07) is 19.3. The molecule has 0 saturated heterocycles. The third-order valence-electron chi connectivity index (χ3n) is 4.20. The zero-order chi connectivity index (χ0) is 14.4. The second-order valence-electron chi connectivity index (χ2n) is 5.45. The molecule has 2 aromatic carbocycles. The average molecular weight is 272 g/mol. The van der Waals surface area contributed by atoms with E-state index >= 15 is 0 Å². The van der Waals surface area contributed by atoms with E-state index in [1.54, 1.807) is 0 Å². The summed E-state index contributed by atoms with van der Waals surface area (Å²) in [7, 11) is 2.11. The summed E-state index contributed by atoms with van der Waals surface area (Å²) < 4.78 is 2.24. The van der Waals surface area contributed by atoms with Crippen molar-refractivity contribution in [1.82, 2.24) is 9.55 Å². The van der Waals surface area contributed by atoms with Crippen LogP contribution in [0.2, 0.25) is 0 Å². The zero-order valence-corrected chi connectivity index (χ0v) is 12.2. The minimum Gasteiger partial charge on any atom is -0.342 e. The average Bonchev–Trinajstić information content (AvgIpc) is 2.82. The third kappa shape index (κ3) is 1.76. The van der Waals surface area contributed by atoms with Gasteiger partial charge < -0.3 is 4.57 Å². The van der Waals surface area contributed by atoms with Gasteiger partial charge in [-0.3, -0.25) is 4.98 Å². The van der Waals surface area contributed by atoms with Gasteiger partial charge in [-0.05, 0) is 36.2 Å². The third-order valence-corrected chi connectivity index (χ3v) is 4.20. The van der Waals surface area contributed by atoms with Gasteiger partial charge in [0.05, 0.1) is 11.2 Å². The highest BCUT2D eigenvalue weighted by Gasteiger charge is 2.11. The van der Waals surface area contributed by atoms with Crippen molar-refractivity contribution in [3.8, 4) is 11.1 Å². The minimum absolute atomic E-state index is 1.08. The van der Waals surface area contributed by atoms with Gasteiger partial charge in [-0.25, -0.2) is 0 Å². The van der Waals surface area contributed by atoms with Crippen molar-refractivity contribution < 1.29 is 0 Å². The van der Waals surface area contributed by atoms with Crippen LogP contribution in [-0.4, -0.2) is 9.55 Å². The summed E-state index contributed by atoms with van der Waals surface area (Å²) >= 11 is 0. The highest BCUT2D eigenvalue weighted by Crippen LogP contribution is 2.32. The van der Waals surface area contributed by atoms with E-state index in [4.69, 9.17) is 0 Å². The normalized spacial score (nSPS) is 11.3. The van der Waals surface area contributed by atoms with Gasteiger partial charge in [0.25, 0.3) is 0 Å². The maximum absolute atomic E-state index is 4.42. The first-order valence-corrected chi connectivity index (χ1v) is 7.15. The molecule has 2 aromatic heterocycles. The molecular formula is C19H16N2. The number of hydrogen-bond acceptors (Lipinski definition) is 1. The number of nitrogens with zero attached hydrogens (tertiary/aromatic N) is 2. The fourth-order valence-electron chi connectivity index (χ4n) is 3.17. The second-order valence-corrected chi connectivity index (χ2v) is 5.45. The molecule has 0 atom stereocenters. The summed E-state index contributed by atoms with van der Waals surface area (Å²) in [6.07, 6.45) is 1.90. The second kappa shape index (κ2) is 4.45. The molecule has 2 heteroatoms. The Morgan fingerprint density at radius 1 is 0.857 bits per heavy atom. The molecule has 2 nitrogen and oxygen atoms in total. The van der Waals surface area contributed by atoms with E-state index < -0.39 is 0 Å². The van der Waals surface area contributed by atoms with Gasteiger partial charge >= 0.3 is 0 Å². The Morgan fingerprint density at radius 3 is 2.48 bits per heavy atom. The molecular weight excluding hydrogens is 256 g/mol. The van der Waals surface area contributed by atoms with Crippen molar-refractivity contribution in [2.24, 2.45) is 7.05 Å². The molecule has 0 aliphatic rings. The van der Waals surface area contributed by atoms with E-state index in [0.29, 0.717) is 0 Å². The number of aromatic nitrogens is 2. The molecule has 0 aliphatic heterocycles. The molecule has 0 unspecified atom stereocenters. The van der Waals surface area contributed by atoms with Crippen molar-refractivity contribution in [2.45, 2.75) is 6.92 Å². The predicted molar refractivity (Wildman–Crippen MR) is 88.4 cm³/mol. The number of benzene rings is 2. The first kappa shape index (κ1) is 12.2. The smallest absolute Gasteiger partial charge is 0.0704 e. The van der Waals surface area contributed by atoms with Gasteiger partial charge in [-0.15, -0.1) is 0 Å². The Hall–Kier alpha value is -2.61. The number of aryl methyl sites for hydroxylation is 2. The maximum Gasteiger partial charge on any atom is 0.0704 e. The number of rotatable bonds is 1. The van der Waals surface area contributed by atoms with Crippen molar-refractivity contribution in [1.29, 1.82) is 0 Å². The lowest BCUT2D eigenvalue weighted by Gasteiger charge is -2.03. The van der Waals surface area contributed by atoms with Crippen molar-refractivity contribution >= 4 is 21.8 Å². The molecule has 102 valence electrons. The molecule has 4 rings (SSSR count). The minimum atomic E-state index is 1.08. The maximum atomic E-state index is 4.42. The fourth-order valence-corrected chi connectivity index (χ4v) is 3.17. The summed E-state index contributed by atoms with van der Waals surface area (Å²) in [4.78, 5) is 4.42. The molecule has 4 aromatic rings. The summed E-state index contributed by atoms with van der Waals surface area (Å²) in [6.45, 7) is 2.07. The van der Waals surface area contributed by atoms with Crippen LogP contribution in [0.25, 0.3) is 32.9 Å². The van der Waals surface area contributed by atoms with E-state index in [9.17, 15) is 0 Å². The SMILES string of the molecule is Cc1nccc2c3cc(-c4ccccc4)ccc3n(C)c12. The first-order valence-electron chi connectivity index (χ1n) is 7.15. The van der Waals surface area contributed by atoms with Crippen LogP contribution in [-0.2, 0) is 7.05 Å². The summed E-state index contributed by atoms with van der Waals surface area (Å²) in [5.74, 6) is 0. The van der Waals surface area contributed by atoms with Crippen LogP contribution >= 0.6 is 0 Å². The standard InChI is InChI=1S/C19H16N2/c1-13-19-16(10-11-20-13)17-12-15(8-9-18(17)21(19)2)14-6-4-3-5-7-14/h3-12H,1-2H3. The van der Waals surface area contributed by atoms with Crippen molar-refractivity contribution in [3.05, 3.63) is 66.5 Å². The predicted octanol–water partition coefficient (Wildman–Crippen LogP) is 4.70. The Bertz CT molecular complexity index is 950. The van der Waals surface area contributed by atoms with E-state index in [0.717, 1.165) is 5.69 Å². The first-order chi connectivity index (χ1) is 10.3. The van der Waals surface area contributed by atoms with Crippen molar-refractivity contribution in [3.63, 3.8) is 0 Å². The molecule has 21 heavy (non-hydrogen) atoms. The number of hydrogen-bond donors (Lipinski definition) is 0. The molecule has 0 radical (unpaired) electrons. The van der Waals surface area contributed by atoms with Crippen LogP contribution in [0.5, 0.6) is 0 Å². The lowest BCUT2D eigenvalue weighted by atomic mass is 10.0. The largest absolute Gasteiger partial charge is 0.342 e. The summed E-state index contributed by atoms with van der Waals surface area (Å²) in [5.41, 5.74) is 6.05. The Labute approximate surface area is 123 Å².